The minimum absolute atomic E-state index is 0.0630. The maximum Gasteiger partial charge on any atom is 0.411 e. The van der Waals surface area contributed by atoms with Gasteiger partial charge in [-0.2, -0.15) is 13.2 Å². The predicted molar refractivity (Wildman–Crippen MR) is 67.8 cm³/mol. The van der Waals surface area contributed by atoms with Gasteiger partial charge in [-0.3, -0.25) is 9.69 Å². The standard InChI is InChI=1S/C11H18F3NO5S/c12-11(13,14)8-20-4-1-2-15-3-5-21(18,19)7-9(15)6-10(16)17/h9H,1-8H2,(H,16,17). The quantitative estimate of drug-likeness (QED) is 0.684. The lowest BCUT2D eigenvalue weighted by molar-refractivity contribution is -0.174. The Morgan fingerprint density at radius 3 is 2.62 bits per heavy atom. The third-order valence-corrected chi connectivity index (χ3v) is 4.76. The van der Waals surface area contributed by atoms with Gasteiger partial charge in [-0.05, 0) is 6.42 Å². The molecule has 21 heavy (non-hydrogen) atoms. The fraction of sp³-hybridized carbons (Fsp3) is 0.909. The van der Waals surface area contributed by atoms with Crippen LogP contribution in [-0.4, -0.2) is 74.4 Å². The number of aliphatic carboxylic acids is 1. The monoisotopic (exact) mass is 333 g/mol. The van der Waals surface area contributed by atoms with Gasteiger partial charge in [0, 0.05) is 25.7 Å². The van der Waals surface area contributed by atoms with E-state index in [1.54, 1.807) is 4.90 Å². The van der Waals surface area contributed by atoms with E-state index in [2.05, 4.69) is 4.74 Å². The lowest BCUT2D eigenvalue weighted by Crippen LogP contribution is -2.49. The molecule has 1 fully saturated rings. The van der Waals surface area contributed by atoms with Gasteiger partial charge >= 0.3 is 12.1 Å². The molecule has 0 spiro atoms. The number of rotatable bonds is 7. The van der Waals surface area contributed by atoms with Crippen LogP contribution < -0.4 is 0 Å². The highest BCUT2D eigenvalue weighted by atomic mass is 32.2. The maximum atomic E-state index is 11.9. The van der Waals surface area contributed by atoms with Gasteiger partial charge in [0.15, 0.2) is 9.84 Å². The molecular weight excluding hydrogens is 315 g/mol. The average molecular weight is 333 g/mol. The van der Waals surface area contributed by atoms with E-state index >= 15 is 0 Å². The van der Waals surface area contributed by atoms with Crippen molar-refractivity contribution in [2.45, 2.75) is 25.1 Å². The van der Waals surface area contributed by atoms with Crippen molar-refractivity contribution in [1.29, 1.82) is 0 Å². The zero-order valence-corrected chi connectivity index (χ0v) is 12.1. The second kappa shape index (κ2) is 7.41. The number of carboxylic acid groups (broad SMARTS) is 1. The van der Waals surface area contributed by atoms with Crippen LogP contribution in [0.5, 0.6) is 0 Å². The Kier molecular flexibility index (Phi) is 6.41. The highest BCUT2D eigenvalue weighted by molar-refractivity contribution is 7.91. The minimum Gasteiger partial charge on any atom is -0.481 e. The lowest BCUT2D eigenvalue weighted by Gasteiger charge is -2.34. The summed E-state index contributed by atoms with van der Waals surface area (Å²) >= 11 is 0. The second-order valence-corrected chi connectivity index (χ2v) is 7.15. The zero-order chi connectivity index (χ0) is 16.1. The summed E-state index contributed by atoms with van der Waals surface area (Å²) in [6.45, 7) is -0.923. The fourth-order valence-corrected chi connectivity index (χ4v) is 3.76. The molecule has 6 nitrogen and oxygen atoms in total. The number of ether oxygens (including phenoxy) is 1. The van der Waals surface area contributed by atoms with Crippen molar-refractivity contribution >= 4 is 15.8 Å². The van der Waals surface area contributed by atoms with Crippen molar-refractivity contribution < 1.29 is 36.2 Å². The van der Waals surface area contributed by atoms with E-state index in [0.29, 0.717) is 6.54 Å². The molecule has 0 aliphatic carbocycles. The first-order valence-electron chi connectivity index (χ1n) is 6.40. The first-order chi connectivity index (χ1) is 9.59. The molecule has 0 radical (unpaired) electrons. The van der Waals surface area contributed by atoms with E-state index in [-0.39, 0.29) is 37.5 Å². The number of alkyl halides is 3. The molecule has 1 heterocycles. The van der Waals surface area contributed by atoms with E-state index in [9.17, 15) is 26.4 Å². The highest BCUT2D eigenvalue weighted by Gasteiger charge is 2.32. The first-order valence-corrected chi connectivity index (χ1v) is 8.22. The van der Waals surface area contributed by atoms with Gasteiger partial charge in [0.25, 0.3) is 0 Å². The third kappa shape index (κ3) is 7.63. The summed E-state index contributed by atoms with van der Waals surface area (Å²) in [4.78, 5) is 12.4. The topological polar surface area (TPSA) is 83.9 Å². The van der Waals surface area contributed by atoms with Gasteiger partial charge in [-0.15, -0.1) is 0 Å². The Morgan fingerprint density at radius 1 is 1.38 bits per heavy atom. The summed E-state index contributed by atoms with van der Waals surface area (Å²) in [6, 6.07) is -0.635. The van der Waals surface area contributed by atoms with Crippen molar-refractivity contribution in [3.8, 4) is 0 Å². The molecule has 124 valence electrons. The molecule has 0 aromatic rings. The Bertz CT molecular complexity index is 451. The highest BCUT2D eigenvalue weighted by Crippen LogP contribution is 2.16. The summed E-state index contributed by atoms with van der Waals surface area (Å²) < 4.78 is 63.1. The molecule has 1 saturated heterocycles. The zero-order valence-electron chi connectivity index (χ0n) is 11.3. The number of hydrogen-bond donors (Lipinski definition) is 1. The lowest BCUT2D eigenvalue weighted by atomic mass is 10.2. The van der Waals surface area contributed by atoms with Crippen molar-refractivity contribution in [1.82, 2.24) is 4.90 Å². The van der Waals surface area contributed by atoms with Gasteiger partial charge in [-0.25, -0.2) is 8.42 Å². The van der Waals surface area contributed by atoms with E-state index in [1.165, 1.54) is 0 Å². The summed E-state index contributed by atoms with van der Waals surface area (Å²) in [5.74, 6) is -1.40. The Balaban J connectivity index is 2.39. The molecule has 1 rings (SSSR count). The van der Waals surface area contributed by atoms with Crippen molar-refractivity contribution in [3.05, 3.63) is 0 Å². The Morgan fingerprint density at radius 2 is 2.05 bits per heavy atom. The van der Waals surface area contributed by atoms with Gasteiger partial charge < -0.3 is 9.84 Å². The van der Waals surface area contributed by atoms with Gasteiger partial charge in [0.2, 0.25) is 0 Å². The average Bonchev–Trinajstić information content (AvgIpc) is 2.28. The van der Waals surface area contributed by atoms with E-state index < -0.39 is 34.6 Å². The predicted octanol–water partition coefficient (Wildman–Crippen LogP) is 0.529. The fourth-order valence-electron chi connectivity index (χ4n) is 2.16. The Hall–Kier alpha value is -0.870. The smallest absolute Gasteiger partial charge is 0.411 e. The molecule has 0 saturated carbocycles. The van der Waals surface area contributed by atoms with Crippen LogP contribution in [0.25, 0.3) is 0 Å². The number of nitrogens with zero attached hydrogens (tertiary/aromatic N) is 1. The number of carboxylic acids is 1. The summed E-state index contributed by atoms with van der Waals surface area (Å²) in [7, 11) is -3.25. The van der Waals surface area contributed by atoms with E-state index in [0.717, 1.165) is 0 Å². The Labute approximate surface area is 120 Å². The molecule has 1 aliphatic heterocycles. The first kappa shape index (κ1) is 18.2. The molecule has 1 unspecified atom stereocenters. The molecule has 1 atom stereocenters. The van der Waals surface area contributed by atoms with Gasteiger partial charge in [-0.1, -0.05) is 0 Å². The SMILES string of the molecule is O=C(O)CC1CS(=O)(=O)CCN1CCCOCC(F)(F)F. The van der Waals surface area contributed by atoms with Crippen molar-refractivity contribution in [2.24, 2.45) is 0 Å². The van der Waals surface area contributed by atoms with E-state index in [1.807, 2.05) is 0 Å². The van der Waals surface area contributed by atoms with Gasteiger partial charge in [0.1, 0.15) is 6.61 Å². The maximum absolute atomic E-state index is 11.9. The second-order valence-electron chi connectivity index (χ2n) is 4.92. The molecule has 1 aliphatic rings. The van der Waals surface area contributed by atoms with Crippen LogP contribution in [0.4, 0.5) is 13.2 Å². The number of hydrogen-bond acceptors (Lipinski definition) is 5. The van der Waals surface area contributed by atoms with Crippen LogP contribution >= 0.6 is 0 Å². The van der Waals surface area contributed by atoms with Crippen LogP contribution in [0, 0.1) is 0 Å². The molecule has 1 N–H and O–H groups in total. The molecular formula is C11H18F3NO5S. The largest absolute Gasteiger partial charge is 0.481 e. The number of sulfone groups is 1. The molecule has 10 heteroatoms. The van der Waals surface area contributed by atoms with Crippen LogP contribution in [0.2, 0.25) is 0 Å². The molecule has 0 aromatic heterocycles. The van der Waals surface area contributed by atoms with Crippen LogP contribution in [-0.2, 0) is 19.4 Å². The number of halogens is 3. The normalized spacial score (nSPS) is 23.1. The van der Waals surface area contributed by atoms with Crippen LogP contribution in [0.3, 0.4) is 0 Å². The summed E-state index contributed by atoms with van der Waals surface area (Å²) in [6.07, 6.45) is -4.39. The minimum atomic E-state index is -4.37. The summed E-state index contributed by atoms with van der Waals surface area (Å²) in [5, 5.41) is 8.78. The number of carbonyl (C=O) groups is 1. The molecule has 0 aromatic carbocycles. The molecule has 0 amide bonds. The van der Waals surface area contributed by atoms with Gasteiger partial charge in [0.05, 0.1) is 17.9 Å². The third-order valence-electron chi connectivity index (χ3n) is 3.06. The van der Waals surface area contributed by atoms with Crippen molar-refractivity contribution in [2.75, 3.05) is 37.8 Å². The summed E-state index contributed by atoms with van der Waals surface area (Å²) in [5.41, 5.74) is 0. The van der Waals surface area contributed by atoms with Crippen molar-refractivity contribution in [3.63, 3.8) is 0 Å². The van der Waals surface area contributed by atoms with E-state index in [4.69, 9.17) is 5.11 Å². The molecule has 0 bridgehead atoms. The van der Waals surface area contributed by atoms with Crippen LogP contribution in [0.15, 0.2) is 0 Å². The van der Waals surface area contributed by atoms with Crippen LogP contribution in [0.1, 0.15) is 12.8 Å².